The van der Waals surface area contributed by atoms with Crippen LogP contribution in [0.5, 0.6) is 5.75 Å². The highest BCUT2D eigenvalue weighted by Crippen LogP contribution is 2.37. The van der Waals surface area contributed by atoms with Crippen LogP contribution in [-0.2, 0) is 11.2 Å². The average molecular weight is 426 g/mol. The van der Waals surface area contributed by atoms with Gasteiger partial charge >= 0.3 is 5.97 Å². The summed E-state index contributed by atoms with van der Waals surface area (Å²) in [6, 6.07) is 18.0. The number of carboxylic acids is 1. The highest BCUT2D eigenvalue weighted by molar-refractivity contribution is 5.85. The third-order valence-electron chi connectivity index (χ3n) is 6.11. The van der Waals surface area contributed by atoms with Gasteiger partial charge in [0.15, 0.2) is 0 Å². The number of fused-ring (bicyclic) bond motifs is 4. The number of methoxy groups -OCH3 is 1. The molecule has 2 unspecified atom stereocenters. The van der Waals surface area contributed by atoms with E-state index in [1.165, 1.54) is 0 Å². The smallest absolute Gasteiger partial charge is 0.309 e. The SMILES string of the molecule is COc1ccc2nc3c(cc2c1)CC(C(=O)O)C1CN(c2ccccc2)CCN31.Cl. The van der Waals surface area contributed by atoms with E-state index in [9.17, 15) is 9.90 Å². The first kappa shape index (κ1) is 20.3. The second-order valence-corrected chi connectivity index (χ2v) is 7.72. The first-order valence-corrected chi connectivity index (χ1v) is 9.91. The maximum atomic E-state index is 12.1. The first-order chi connectivity index (χ1) is 14.1. The Balaban J connectivity index is 0.00000218. The highest BCUT2D eigenvalue weighted by Gasteiger charge is 2.42. The number of halogens is 1. The van der Waals surface area contributed by atoms with Crippen molar-refractivity contribution in [2.45, 2.75) is 12.5 Å². The number of ether oxygens (including phenoxy) is 1. The van der Waals surface area contributed by atoms with E-state index in [4.69, 9.17) is 9.72 Å². The quantitative estimate of drug-likeness (QED) is 0.691. The van der Waals surface area contributed by atoms with Crippen LogP contribution < -0.4 is 14.5 Å². The van der Waals surface area contributed by atoms with E-state index in [0.717, 1.165) is 46.8 Å². The number of carbonyl (C=O) groups is 1. The zero-order valence-corrected chi connectivity index (χ0v) is 17.5. The Morgan fingerprint density at radius 1 is 1.13 bits per heavy atom. The van der Waals surface area contributed by atoms with Crippen molar-refractivity contribution in [3.63, 3.8) is 0 Å². The molecular formula is C23H24ClN3O3. The predicted molar refractivity (Wildman–Crippen MR) is 120 cm³/mol. The van der Waals surface area contributed by atoms with Crippen LogP contribution in [0.15, 0.2) is 54.6 Å². The number of hydrogen-bond donors (Lipinski definition) is 1. The Bertz CT molecular complexity index is 1080. The molecule has 156 valence electrons. The van der Waals surface area contributed by atoms with Gasteiger partial charge in [-0.05, 0) is 48.4 Å². The van der Waals surface area contributed by atoms with Gasteiger partial charge in [0.1, 0.15) is 11.6 Å². The third kappa shape index (κ3) is 3.41. The monoisotopic (exact) mass is 425 g/mol. The molecule has 2 aliphatic rings. The number of rotatable bonds is 3. The zero-order chi connectivity index (χ0) is 20.0. The fourth-order valence-electron chi connectivity index (χ4n) is 4.63. The summed E-state index contributed by atoms with van der Waals surface area (Å²) in [4.78, 5) is 21.6. The summed E-state index contributed by atoms with van der Waals surface area (Å²) in [5, 5.41) is 10.9. The number of aromatic nitrogens is 1. The second kappa shape index (κ2) is 8.03. The number of para-hydroxylation sites is 1. The van der Waals surface area contributed by atoms with E-state index in [1.807, 2.05) is 36.4 Å². The molecule has 2 atom stereocenters. The summed E-state index contributed by atoms with van der Waals surface area (Å²) >= 11 is 0. The van der Waals surface area contributed by atoms with Gasteiger partial charge in [-0.15, -0.1) is 12.4 Å². The van der Waals surface area contributed by atoms with Crippen LogP contribution in [0.1, 0.15) is 5.56 Å². The minimum absolute atomic E-state index is 0. The molecule has 0 aliphatic carbocycles. The average Bonchev–Trinajstić information content (AvgIpc) is 2.77. The van der Waals surface area contributed by atoms with Crippen molar-refractivity contribution < 1.29 is 14.6 Å². The number of pyridine rings is 1. The molecular weight excluding hydrogens is 402 g/mol. The molecule has 3 aromatic rings. The molecule has 1 fully saturated rings. The molecule has 0 saturated carbocycles. The second-order valence-electron chi connectivity index (χ2n) is 7.72. The van der Waals surface area contributed by atoms with Gasteiger partial charge in [-0.2, -0.15) is 0 Å². The largest absolute Gasteiger partial charge is 0.497 e. The lowest BCUT2D eigenvalue weighted by molar-refractivity contribution is -0.142. The molecule has 2 aromatic carbocycles. The molecule has 0 radical (unpaired) electrons. The number of aliphatic carboxylic acids is 1. The van der Waals surface area contributed by atoms with Crippen LogP contribution >= 0.6 is 12.4 Å². The summed E-state index contributed by atoms with van der Waals surface area (Å²) in [5.74, 6) is 0.502. The van der Waals surface area contributed by atoms with Gasteiger partial charge in [0, 0.05) is 30.7 Å². The van der Waals surface area contributed by atoms with Crippen molar-refractivity contribution in [3.05, 3.63) is 60.2 Å². The molecule has 1 aromatic heterocycles. The minimum atomic E-state index is -0.744. The van der Waals surface area contributed by atoms with Gasteiger partial charge in [-0.1, -0.05) is 18.2 Å². The lowest BCUT2D eigenvalue weighted by Gasteiger charge is -2.48. The van der Waals surface area contributed by atoms with Crippen LogP contribution in [0.25, 0.3) is 10.9 Å². The van der Waals surface area contributed by atoms with Gasteiger partial charge in [0.2, 0.25) is 0 Å². The summed E-state index contributed by atoms with van der Waals surface area (Å²) in [6.45, 7) is 2.28. The normalized spacial score (nSPS) is 20.2. The Kier molecular flexibility index (Phi) is 5.43. The molecule has 2 aliphatic heterocycles. The number of benzene rings is 2. The Morgan fingerprint density at radius 2 is 1.93 bits per heavy atom. The van der Waals surface area contributed by atoms with Crippen molar-refractivity contribution in [1.82, 2.24) is 4.98 Å². The van der Waals surface area contributed by atoms with E-state index in [1.54, 1.807) is 7.11 Å². The molecule has 3 heterocycles. The summed E-state index contributed by atoms with van der Waals surface area (Å²) in [7, 11) is 1.64. The van der Waals surface area contributed by atoms with Crippen LogP contribution in [0.4, 0.5) is 11.5 Å². The van der Waals surface area contributed by atoms with Crippen molar-refractivity contribution in [1.29, 1.82) is 0 Å². The standard InChI is InChI=1S/C23H23N3O3.ClH/c1-29-18-7-8-20-15(12-18)11-16-13-19(23(27)28)21-14-25(17-5-3-2-4-6-17)9-10-26(21)22(16)24-20;/h2-8,11-12,19,21H,9-10,13-14H2,1H3,(H,27,28);1H. The van der Waals surface area contributed by atoms with Crippen LogP contribution in [0, 0.1) is 5.92 Å². The van der Waals surface area contributed by atoms with E-state index >= 15 is 0 Å². The Hall–Kier alpha value is -2.99. The first-order valence-electron chi connectivity index (χ1n) is 9.91. The maximum Gasteiger partial charge on any atom is 0.309 e. The maximum absolute atomic E-state index is 12.1. The van der Waals surface area contributed by atoms with Crippen molar-refractivity contribution in [3.8, 4) is 5.75 Å². The number of carboxylic acid groups (broad SMARTS) is 1. The molecule has 30 heavy (non-hydrogen) atoms. The summed E-state index contributed by atoms with van der Waals surface area (Å²) in [5.41, 5.74) is 3.05. The molecule has 0 spiro atoms. The third-order valence-corrected chi connectivity index (χ3v) is 6.11. The van der Waals surface area contributed by atoms with Gasteiger partial charge in [0.05, 0.1) is 24.6 Å². The number of anilines is 2. The van der Waals surface area contributed by atoms with Gasteiger partial charge < -0.3 is 19.6 Å². The van der Waals surface area contributed by atoms with Crippen LogP contribution in [-0.4, -0.2) is 48.8 Å². The van der Waals surface area contributed by atoms with Crippen molar-refractivity contribution >= 4 is 40.8 Å². The van der Waals surface area contributed by atoms with Gasteiger partial charge in [-0.25, -0.2) is 4.98 Å². The molecule has 1 saturated heterocycles. The van der Waals surface area contributed by atoms with Gasteiger partial charge in [-0.3, -0.25) is 4.79 Å². The van der Waals surface area contributed by atoms with Crippen molar-refractivity contribution in [2.24, 2.45) is 5.92 Å². The minimum Gasteiger partial charge on any atom is -0.497 e. The molecule has 5 rings (SSSR count). The van der Waals surface area contributed by atoms with Crippen molar-refractivity contribution in [2.75, 3.05) is 36.5 Å². The fourth-order valence-corrected chi connectivity index (χ4v) is 4.63. The number of hydrogen-bond acceptors (Lipinski definition) is 5. The molecule has 7 heteroatoms. The summed E-state index contributed by atoms with van der Waals surface area (Å²) in [6.07, 6.45) is 0.495. The Morgan fingerprint density at radius 3 is 2.67 bits per heavy atom. The van der Waals surface area contributed by atoms with E-state index in [-0.39, 0.29) is 18.4 Å². The number of nitrogens with zero attached hydrogens (tertiary/aromatic N) is 3. The van der Waals surface area contributed by atoms with Gasteiger partial charge in [0.25, 0.3) is 0 Å². The zero-order valence-electron chi connectivity index (χ0n) is 16.7. The van der Waals surface area contributed by atoms with Crippen LogP contribution in [0.2, 0.25) is 0 Å². The molecule has 1 N–H and O–H groups in total. The topological polar surface area (TPSA) is 65.9 Å². The van der Waals surface area contributed by atoms with E-state index in [0.29, 0.717) is 13.0 Å². The lowest BCUT2D eigenvalue weighted by atomic mass is 9.85. The van der Waals surface area contributed by atoms with Crippen LogP contribution in [0.3, 0.4) is 0 Å². The summed E-state index contributed by atoms with van der Waals surface area (Å²) < 4.78 is 5.33. The molecule has 0 amide bonds. The molecule has 0 bridgehead atoms. The molecule has 6 nitrogen and oxygen atoms in total. The fraction of sp³-hybridized carbons (Fsp3) is 0.304. The highest BCUT2D eigenvalue weighted by atomic mass is 35.5. The lowest BCUT2D eigenvalue weighted by Crippen LogP contribution is -2.60. The van der Waals surface area contributed by atoms with E-state index < -0.39 is 11.9 Å². The number of piperazine rings is 1. The predicted octanol–water partition coefficient (Wildman–Crippen LogP) is 3.62. The Labute approximate surface area is 181 Å². The van der Waals surface area contributed by atoms with E-state index in [2.05, 4.69) is 28.0 Å².